The highest BCUT2D eigenvalue weighted by molar-refractivity contribution is 9.10. The molecule has 0 saturated carbocycles. The van der Waals surface area contributed by atoms with Crippen molar-refractivity contribution in [2.45, 2.75) is 6.54 Å². The van der Waals surface area contributed by atoms with Crippen LogP contribution in [0.5, 0.6) is 0 Å². The van der Waals surface area contributed by atoms with Gasteiger partial charge in [0.25, 0.3) is 0 Å². The number of rotatable bonds is 3. The van der Waals surface area contributed by atoms with Crippen LogP contribution in [0.25, 0.3) is 0 Å². The van der Waals surface area contributed by atoms with Gasteiger partial charge in [-0.25, -0.2) is 4.79 Å². The standard InChI is InChI=1S/C12H9BrClNO2/c13-9-3-1-2-8(4-9)6-15-7-10(14)5-11(15)12(16)17/h1-5,7H,6H2,(H,16,17). The topological polar surface area (TPSA) is 42.2 Å². The first-order valence-electron chi connectivity index (χ1n) is 4.89. The van der Waals surface area contributed by atoms with Crippen LogP contribution in [0.1, 0.15) is 16.1 Å². The van der Waals surface area contributed by atoms with Gasteiger partial charge in [-0.1, -0.05) is 39.7 Å². The molecule has 0 amide bonds. The Morgan fingerprint density at radius 2 is 2.18 bits per heavy atom. The van der Waals surface area contributed by atoms with Crippen molar-refractivity contribution >= 4 is 33.5 Å². The van der Waals surface area contributed by atoms with Crippen LogP contribution in [0.3, 0.4) is 0 Å². The summed E-state index contributed by atoms with van der Waals surface area (Å²) in [4.78, 5) is 11.0. The summed E-state index contributed by atoms with van der Waals surface area (Å²) in [5, 5.41) is 9.45. The predicted octanol–water partition coefficient (Wildman–Crippen LogP) is 3.65. The molecule has 2 aromatic rings. The lowest BCUT2D eigenvalue weighted by molar-refractivity contribution is 0.0685. The zero-order chi connectivity index (χ0) is 12.4. The Kier molecular flexibility index (Phi) is 3.54. The van der Waals surface area contributed by atoms with Crippen LogP contribution in [0.15, 0.2) is 41.0 Å². The summed E-state index contributed by atoms with van der Waals surface area (Å²) in [6, 6.07) is 9.15. The molecule has 1 aromatic heterocycles. The largest absolute Gasteiger partial charge is 0.477 e. The molecule has 0 radical (unpaired) electrons. The molecule has 0 aliphatic rings. The molecular weight excluding hydrogens is 305 g/mol. The molecule has 1 aromatic carbocycles. The third kappa shape index (κ3) is 2.90. The van der Waals surface area contributed by atoms with Gasteiger partial charge in [0.2, 0.25) is 0 Å². The molecule has 2 rings (SSSR count). The van der Waals surface area contributed by atoms with Crippen LogP contribution in [0.4, 0.5) is 0 Å². The molecule has 17 heavy (non-hydrogen) atoms. The van der Waals surface area contributed by atoms with Crippen molar-refractivity contribution in [3.63, 3.8) is 0 Å². The van der Waals surface area contributed by atoms with Crippen molar-refractivity contribution in [2.24, 2.45) is 0 Å². The Morgan fingerprint density at radius 1 is 1.41 bits per heavy atom. The smallest absolute Gasteiger partial charge is 0.352 e. The van der Waals surface area contributed by atoms with Crippen LogP contribution in [0, 0.1) is 0 Å². The van der Waals surface area contributed by atoms with Crippen molar-refractivity contribution in [3.8, 4) is 0 Å². The second-order valence-electron chi connectivity index (χ2n) is 3.61. The Bertz CT molecular complexity index is 565. The third-order valence-corrected chi connectivity index (χ3v) is 3.02. The first-order valence-corrected chi connectivity index (χ1v) is 6.07. The Hall–Kier alpha value is -1.26. The summed E-state index contributed by atoms with van der Waals surface area (Å²) >= 11 is 9.19. The van der Waals surface area contributed by atoms with E-state index in [0.29, 0.717) is 11.6 Å². The number of aromatic nitrogens is 1. The minimum atomic E-state index is -0.980. The molecule has 0 aliphatic heterocycles. The number of hydrogen-bond donors (Lipinski definition) is 1. The summed E-state index contributed by atoms with van der Waals surface area (Å²) < 4.78 is 2.58. The van der Waals surface area contributed by atoms with E-state index in [-0.39, 0.29) is 5.69 Å². The summed E-state index contributed by atoms with van der Waals surface area (Å²) in [6.45, 7) is 0.480. The fourth-order valence-electron chi connectivity index (χ4n) is 1.62. The van der Waals surface area contributed by atoms with E-state index in [0.717, 1.165) is 10.0 Å². The highest BCUT2D eigenvalue weighted by Crippen LogP contribution is 2.18. The molecular formula is C12H9BrClNO2. The Labute approximate surface area is 112 Å². The number of hydrogen-bond acceptors (Lipinski definition) is 1. The summed E-state index contributed by atoms with van der Waals surface area (Å²) in [7, 11) is 0. The number of benzene rings is 1. The SMILES string of the molecule is O=C(O)c1cc(Cl)cn1Cc1cccc(Br)c1. The minimum Gasteiger partial charge on any atom is -0.477 e. The molecule has 0 bridgehead atoms. The maximum atomic E-state index is 11.0. The lowest BCUT2D eigenvalue weighted by Gasteiger charge is -2.06. The number of carboxylic acids is 1. The van der Waals surface area contributed by atoms with Gasteiger partial charge in [-0.3, -0.25) is 0 Å². The van der Waals surface area contributed by atoms with Gasteiger partial charge < -0.3 is 9.67 Å². The van der Waals surface area contributed by atoms with Gasteiger partial charge in [0.1, 0.15) is 5.69 Å². The molecule has 5 heteroatoms. The number of carbonyl (C=O) groups is 1. The molecule has 88 valence electrons. The molecule has 0 atom stereocenters. The predicted molar refractivity (Wildman–Crippen MR) is 69.6 cm³/mol. The lowest BCUT2D eigenvalue weighted by atomic mass is 10.2. The van der Waals surface area contributed by atoms with E-state index in [1.165, 1.54) is 6.07 Å². The quantitative estimate of drug-likeness (QED) is 0.939. The van der Waals surface area contributed by atoms with Gasteiger partial charge in [0, 0.05) is 17.2 Å². The van der Waals surface area contributed by atoms with Crippen molar-refractivity contribution in [2.75, 3.05) is 0 Å². The average Bonchev–Trinajstić information content (AvgIpc) is 2.59. The van der Waals surface area contributed by atoms with Crippen LogP contribution < -0.4 is 0 Å². The highest BCUT2D eigenvalue weighted by atomic mass is 79.9. The van der Waals surface area contributed by atoms with E-state index >= 15 is 0 Å². The van der Waals surface area contributed by atoms with Crippen molar-refractivity contribution in [1.82, 2.24) is 4.57 Å². The fourth-order valence-corrected chi connectivity index (χ4v) is 2.28. The van der Waals surface area contributed by atoms with Crippen molar-refractivity contribution < 1.29 is 9.90 Å². The molecule has 0 unspecified atom stereocenters. The van der Waals surface area contributed by atoms with E-state index in [1.54, 1.807) is 10.8 Å². The zero-order valence-corrected chi connectivity index (χ0v) is 11.1. The van der Waals surface area contributed by atoms with Crippen molar-refractivity contribution in [3.05, 3.63) is 57.3 Å². The van der Waals surface area contributed by atoms with Gasteiger partial charge in [-0.15, -0.1) is 0 Å². The molecule has 0 saturated heterocycles. The second-order valence-corrected chi connectivity index (χ2v) is 4.96. The zero-order valence-electron chi connectivity index (χ0n) is 8.73. The number of aromatic carboxylic acids is 1. The fraction of sp³-hybridized carbons (Fsp3) is 0.0833. The van der Waals surface area contributed by atoms with E-state index in [1.807, 2.05) is 24.3 Å². The normalized spacial score (nSPS) is 10.5. The summed E-state index contributed by atoms with van der Waals surface area (Å²) in [5.41, 5.74) is 1.20. The first kappa shape index (κ1) is 12.2. The van der Waals surface area contributed by atoms with Crippen molar-refractivity contribution in [1.29, 1.82) is 0 Å². The van der Waals surface area contributed by atoms with E-state index < -0.39 is 5.97 Å². The van der Waals surface area contributed by atoms with Crippen LogP contribution in [0.2, 0.25) is 5.02 Å². The minimum absolute atomic E-state index is 0.190. The third-order valence-electron chi connectivity index (χ3n) is 2.32. The second kappa shape index (κ2) is 4.94. The van der Waals surface area contributed by atoms with Gasteiger partial charge in [0.05, 0.1) is 5.02 Å². The maximum Gasteiger partial charge on any atom is 0.352 e. The van der Waals surface area contributed by atoms with Crippen LogP contribution in [-0.2, 0) is 6.54 Å². The Balaban J connectivity index is 2.32. The first-order chi connectivity index (χ1) is 8.06. The van der Waals surface area contributed by atoms with Crippen LogP contribution in [-0.4, -0.2) is 15.6 Å². The van der Waals surface area contributed by atoms with E-state index in [9.17, 15) is 4.79 Å². The number of nitrogens with zero attached hydrogens (tertiary/aromatic N) is 1. The lowest BCUT2D eigenvalue weighted by Crippen LogP contribution is -2.08. The van der Waals surface area contributed by atoms with Gasteiger partial charge in [0.15, 0.2) is 0 Å². The molecule has 1 N–H and O–H groups in total. The summed E-state index contributed by atoms with van der Waals surface area (Å²) in [5.74, 6) is -0.980. The van der Waals surface area contributed by atoms with E-state index in [4.69, 9.17) is 16.7 Å². The molecule has 3 nitrogen and oxygen atoms in total. The molecule has 1 heterocycles. The van der Waals surface area contributed by atoms with Crippen LogP contribution >= 0.6 is 27.5 Å². The number of carboxylic acid groups (broad SMARTS) is 1. The van der Waals surface area contributed by atoms with Gasteiger partial charge in [-0.05, 0) is 23.8 Å². The maximum absolute atomic E-state index is 11.0. The Morgan fingerprint density at radius 3 is 2.82 bits per heavy atom. The van der Waals surface area contributed by atoms with Gasteiger partial charge in [-0.2, -0.15) is 0 Å². The monoisotopic (exact) mass is 313 g/mol. The number of halogens is 2. The highest BCUT2D eigenvalue weighted by Gasteiger charge is 2.11. The summed E-state index contributed by atoms with van der Waals surface area (Å²) in [6.07, 6.45) is 1.62. The average molecular weight is 315 g/mol. The molecule has 0 aliphatic carbocycles. The molecule has 0 fully saturated rings. The van der Waals surface area contributed by atoms with Gasteiger partial charge >= 0.3 is 5.97 Å². The van der Waals surface area contributed by atoms with E-state index in [2.05, 4.69) is 15.9 Å². The molecule has 0 spiro atoms.